The third-order valence-corrected chi connectivity index (χ3v) is 5.89. The molecule has 2 amide bonds. The van der Waals surface area contributed by atoms with Crippen LogP contribution in [0.2, 0.25) is 5.02 Å². The van der Waals surface area contributed by atoms with Gasteiger partial charge in [-0.3, -0.25) is 9.59 Å². The molecule has 2 aromatic rings. The normalized spacial score (nSPS) is 12.9. The van der Waals surface area contributed by atoms with Crippen LogP contribution in [0.3, 0.4) is 0 Å². The van der Waals surface area contributed by atoms with E-state index in [0.29, 0.717) is 10.6 Å². The van der Waals surface area contributed by atoms with Crippen molar-refractivity contribution >= 4 is 35.2 Å². The summed E-state index contributed by atoms with van der Waals surface area (Å²) in [5.74, 6) is -0.748. The minimum atomic E-state index is -0.720. The van der Waals surface area contributed by atoms with Gasteiger partial charge in [0.05, 0.1) is 5.75 Å². The Balaban J connectivity index is 2.15. The lowest BCUT2D eigenvalue weighted by atomic mass is 10.1. The molecular formula is C22H26ClFN2O2S. The summed E-state index contributed by atoms with van der Waals surface area (Å²) in [5.41, 5.74) is 0.375. The molecule has 2 atom stereocenters. The molecule has 0 spiro atoms. The van der Waals surface area contributed by atoms with Crippen molar-refractivity contribution in [1.82, 2.24) is 10.2 Å². The van der Waals surface area contributed by atoms with E-state index in [0.717, 1.165) is 11.3 Å². The van der Waals surface area contributed by atoms with Crippen LogP contribution in [0.4, 0.5) is 4.39 Å². The topological polar surface area (TPSA) is 49.4 Å². The first-order valence-electron chi connectivity index (χ1n) is 9.53. The molecule has 0 bridgehead atoms. The second-order valence-corrected chi connectivity index (χ2v) is 8.33. The predicted molar refractivity (Wildman–Crippen MR) is 116 cm³/mol. The molecule has 0 saturated heterocycles. The average molecular weight is 437 g/mol. The van der Waals surface area contributed by atoms with E-state index in [9.17, 15) is 14.0 Å². The molecule has 7 heteroatoms. The minimum Gasteiger partial charge on any atom is -0.352 e. The van der Waals surface area contributed by atoms with Gasteiger partial charge < -0.3 is 10.2 Å². The van der Waals surface area contributed by atoms with Gasteiger partial charge in [-0.05, 0) is 50.6 Å². The average Bonchev–Trinajstić information content (AvgIpc) is 2.71. The lowest BCUT2D eigenvalue weighted by Gasteiger charge is -2.29. The molecular weight excluding hydrogens is 411 g/mol. The number of benzene rings is 2. The highest BCUT2D eigenvalue weighted by atomic mass is 35.5. The van der Waals surface area contributed by atoms with Gasteiger partial charge in [0.25, 0.3) is 0 Å². The number of rotatable bonds is 9. The first-order chi connectivity index (χ1) is 13.8. The number of carbonyl (C=O) groups is 2. The number of thioether (sulfide) groups is 1. The van der Waals surface area contributed by atoms with Gasteiger partial charge in [0.1, 0.15) is 11.9 Å². The van der Waals surface area contributed by atoms with E-state index in [1.165, 1.54) is 22.7 Å². The highest BCUT2D eigenvalue weighted by Crippen LogP contribution is 2.22. The number of halogens is 2. The third kappa shape index (κ3) is 7.05. The highest BCUT2D eigenvalue weighted by molar-refractivity contribution is 8.00. The van der Waals surface area contributed by atoms with E-state index >= 15 is 0 Å². The minimum absolute atomic E-state index is 0.00111. The van der Waals surface area contributed by atoms with Crippen molar-refractivity contribution in [3.63, 3.8) is 0 Å². The molecule has 0 heterocycles. The van der Waals surface area contributed by atoms with E-state index in [2.05, 4.69) is 5.32 Å². The Morgan fingerprint density at radius 3 is 2.41 bits per heavy atom. The summed E-state index contributed by atoms with van der Waals surface area (Å²) in [5, 5.41) is 3.52. The summed E-state index contributed by atoms with van der Waals surface area (Å²) in [6, 6.07) is 12.8. The van der Waals surface area contributed by atoms with Crippen LogP contribution in [-0.2, 0) is 16.1 Å². The predicted octanol–water partition coefficient (Wildman–Crippen LogP) is 4.90. The third-order valence-electron chi connectivity index (χ3n) is 4.64. The second-order valence-electron chi connectivity index (χ2n) is 6.85. The monoisotopic (exact) mass is 436 g/mol. The Morgan fingerprint density at radius 1 is 1.14 bits per heavy atom. The van der Waals surface area contributed by atoms with Gasteiger partial charge in [-0.2, -0.15) is 0 Å². The van der Waals surface area contributed by atoms with E-state index < -0.39 is 11.9 Å². The Bertz CT molecular complexity index is 832. The molecule has 2 aromatic carbocycles. The molecule has 2 rings (SSSR count). The summed E-state index contributed by atoms with van der Waals surface area (Å²) in [7, 11) is 0. The summed E-state index contributed by atoms with van der Waals surface area (Å²) in [6.45, 7) is 5.58. The maximum atomic E-state index is 14.2. The van der Waals surface area contributed by atoms with Gasteiger partial charge in [-0.25, -0.2) is 4.39 Å². The van der Waals surface area contributed by atoms with Crippen LogP contribution in [0.5, 0.6) is 0 Å². The number of amides is 2. The first-order valence-corrected chi connectivity index (χ1v) is 10.9. The second kappa shape index (κ2) is 11.2. The molecule has 4 nitrogen and oxygen atoms in total. The lowest BCUT2D eigenvalue weighted by Crippen LogP contribution is -2.50. The summed E-state index contributed by atoms with van der Waals surface area (Å²) < 4.78 is 14.2. The number of nitrogens with one attached hydrogen (secondary N) is 1. The highest BCUT2D eigenvalue weighted by Gasteiger charge is 2.27. The molecule has 0 aromatic heterocycles. The summed E-state index contributed by atoms with van der Waals surface area (Å²) in [4.78, 5) is 27.9. The zero-order valence-corrected chi connectivity index (χ0v) is 18.4. The molecule has 0 aliphatic rings. The molecule has 0 saturated carbocycles. The van der Waals surface area contributed by atoms with Crippen molar-refractivity contribution in [2.45, 2.75) is 50.7 Å². The SMILES string of the molecule is CC[C@@H](C)NC(=O)[C@H](C)N(Cc1ccccc1F)C(=O)CSc1ccc(Cl)cc1. The zero-order chi connectivity index (χ0) is 21.4. The van der Waals surface area contributed by atoms with Crippen molar-refractivity contribution in [3.8, 4) is 0 Å². The molecule has 156 valence electrons. The summed E-state index contributed by atoms with van der Waals surface area (Å²) >= 11 is 7.25. The maximum absolute atomic E-state index is 14.2. The van der Waals surface area contributed by atoms with Gasteiger partial charge in [0.2, 0.25) is 11.8 Å². The smallest absolute Gasteiger partial charge is 0.242 e. The Morgan fingerprint density at radius 2 is 1.79 bits per heavy atom. The van der Waals surface area contributed by atoms with Crippen molar-refractivity contribution in [2.24, 2.45) is 0 Å². The van der Waals surface area contributed by atoms with Gasteiger partial charge in [0.15, 0.2) is 0 Å². The van der Waals surface area contributed by atoms with Gasteiger partial charge in [-0.1, -0.05) is 36.7 Å². The van der Waals surface area contributed by atoms with Gasteiger partial charge >= 0.3 is 0 Å². The van der Waals surface area contributed by atoms with Crippen molar-refractivity contribution in [2.75, 3.05) is 5.75 Å². The number of nitrogens with zero attached hydrogens (tertiary/aromatic N) is 1. The quantitative estimate of drug-likeness (QED) is 0.568. The maximum Gasteiger partial charge on any atom is 0.242 e. The zero-order valence-electron chi connectivity index (χ0n) is 16.8. The van der Waals surface area contributed by atoms with Crippen LogP contribution in [0, 0.1) is 5.82 Å². The lowest BCUT2D eigenvalue weighted by molar-refractivity contribution is -0.139. The number of hydrogen-bond donors (Lipinski definition) is 1. The summed E-state index contributed by atoms with van der Waals surface area (Å²) in [6.07, 6.45) is 0.784. The Kier molecular flexibility index (Phi) is 8.99. The van der Waals surface area contributed by atoms with E-state index in [1.54, 1.807) is 37.3 Å². The van der Waals surface area contributed by atoms with E-state index in [4.69, 9.17) is 11.6 Å². The fourth-order valence-electron chi connectivity index (χ4n) is 2.62. The molecule has 29 heavy (non-hydrogen) atoms. The number of hydrogen-bond acceptors (Lipinski definition) is 3. The Labute approximate surface area is 180 Å². The van der Waals surface area contributed by atoms with Crippen LogP contribution in [0.25, 0.3) is 0 Å². The molecule has 0 fully saturated rings. The standard InChI is InChI=1S/C22H26ClFN2O2S/c1-4-15(2)25-22(28)16(3)26(13-17-7-5-6-8-20(17)24)21(27)14-29-19-11-9-18(23)10-12-19/h5-12,15-16H,4,13-14H2,1-3H3,(H,25,28)/t15-,16+/m1/s1. The van der Waals surface area contributed by atoms with Gasteiger partial charge in [0, 0.05) is 28.1 Å². The fraction of sp³-hybridized carbons (Fsp3) is 0.364. The first kappa shape index (κ1) is 23.2. The molecule has 0 unspecified atom stereocenters. The molecule has 0 aliphatic carbocycles. The molecule has 0 aliphatic heterocycles. The number of carbonyl (C=O) groups excluding carboxylic acids is 2. The van der Waals surface area contributed by atoms with Crippen LogP contribution in [0.15, 0.2) is 53.4 Å². The van der Waals surface area contributed by atoms with Crippen LogP contribution < -0.4 is 5.32 Å². The molecule has 0 radical (unpaired) electrons. The van der Waals surface area contributed by atoms with Crippen molar-refractivity contribution in [3.05, 3.63) is 64.9 Å². The van der Waals surface area contributed by atoms with Crippen molar-refractivity contribution < 1.29 is 14.0 Å². The fourth-order valence-corrected chi connectivity index (χ4v) is 3.53. The Hall–Kier alpha value is -2.05. The van der Waals surface area contributed by atoms with E-state index in [-0.39, 0.29) is 30.2 Å². The van der Waals surface area contributed by atoms with Crippen molar-refractivity contribution in [1.29, 1.82) is 0 Å². The van der Waals surface area contributed by atoms with Crippen LogP contribution in [-0.4, -0.2) is 34.6 Å². The van der Waals surface area contributed by atoms with E-state index in [1.807, 2.05) is 26.0 Å². The van der Waals surface area contributed by atoms with Crippen LogP contribution in [0.1, 0.15) is 32.8 Å². The van der Waals surface area contributed by atoms with Crippen LogP contribution >= 0.6 is 23.4 Å². The van der Waals surface area contributed by atoms with Gasteiger partial charge in [-0.15, -0.1) is 11.8 Å². The molecule has 1 N–H and O–H groups in total. The largest absolute Gasteiger partial charge is 0.352 e.